The number of anilines is 1. The quantitative estimate of drug-likeness (QED) is 0.793. The average molecular weight is 368 g/mol. The standard InChI is InChI=1S/C22H29N3S/c1-16-14-18(3)21(15-17(16)2)23-22(26)25-12-10-24(11-13-25)19(4)20-8-6-5-7-9-20/h5-9,14-15,19H,10-13H2,1-4H3,(H,23,26). The van der Waals surface area contributed by atoms with Gasteiger partial charge in [0.2, 0.25) is 0 Å². The first-order valence-electron chi connectivity index (χ1n) is 9.38. The van der Waals surface area contributed by atoms with Crippen LogP contribution in [-0.2, 0) is 0 Å². The molecule has 2 aromatic carbocycles. The highest BCUT2D eigenvalue weighted by molar-refractivity contribution is 7.80. The number of nitrogens with one attached hydrogen (secondary N) is 1. The lowest BCUT2D eigenvalue weighted by Gasteiger charge is -2.39. The lowest BCUT2D eigenvalue weighted by atomic mass is 10.1. The van der Waals surface area contributed by atoms with Gasteiger partial charge in [0.1, 0.15) is 0 Å². The maximum atomic E-state index is 5.69. The van der Waals surface area contributed by atoms with Crippen molar-refractivity contribution >= 4 is 23.0 Å². The minimum Gasteiger partial charge on any atom is -0.346 e. The van der Waals surface area contributed by atoms with Gasteiger partial charge >= 0.3 is 0 Å². The molecular formula is C22H29N3S. The second-order valence-corrected chi connectivity index (χ2v) is 7.68. The van der Waals surface area contributed by atoms with Crippen LogP contribution in [0.5, 0.6) is 0 Å². The summed E-state index contributed by atoms with van der Waals surface area (Å²) in [5, 5.41) is 4.30. The van der Waals surface area contributed by atoms with Crippen molar-refractivity contribution in [3.8, 4) is 0 Å². The highest BCUT2D eigenvalue weighted by Crippen LogP contribution is 2.23. The van der Waals surface area contributed by atoms with Crippen molar-refractivity contribution in [2.45, 2.75) is 33.7 Å². The van der Waals surface area contributed by atoms with E-state index in [0.717, 1.165) is 37.0 Å². The third kappa shape index (κ3) is 4.25. The van der Waals surface area contributed by atoms with Crippen LogP contribution in [0.3, 0.4) is 0 Å². The molecule has 0 amide bonds. The van der Waals surface area contributed by atoms with Gasteiger partial charge < -0.3 is 10.2 Å². The maximum absolute atomic E-state index is 5.69. The van der Waals surface area contributed by atoms with Gasteiger partial charge in [-0.1, -0.05) is 36.4 Å². The van der Waals surface area contributed by atoms with Crippen LogP contribution in [0.2, 0.25) is 0 Å². The Bertz CT molecular complexity index is 764. The molecule has 0 bridgehead atoms. The Kier molecular flexibility index (Phi) is 5.94. The smallest absolute Gasteiger partial charge is 0.173 e. The van der Waals surface area contributed by atoms with Crippen molar-refractivity contribution in [1.29, 1.82) is 0 Å². The van der Waals surface area contributed by atoms with Gasteiger partial charge in [0.25, 0.3) is 0 Å². The number of rotatable bonds is 3. The summed E-state index contributed by atoms with van der Waals surface area (Å²) in [7, 11) is 0. The van der Waals surface area contributed by atoms with Crippen molar-refractivity contribution in [2.24, 2.45) is 0 Å². The molecule has 0 aliphatic carbocycles. The zero-order chi connectivity index (χ0) is 18.7. The van der Waals surface area contributed by atoms with Gasteiger partial charge in [-0.05, 0) is 68.2 Å². The molecule has 0 saturated carbocycles. The maximum Gasteiger partial charge on any atom is 0.173 e. The molecule has 1 heterocycles. The van der Waals surface area contributed by atoms with E-state index < -0.39 is 0 Å². The molecule has 4 heteroatoms. The van der Waals surface area contributed by atoms with Crippen LogP contribution in [0.1, 0.15) is 35.2 Å². The van der Waals surface area contributed by atoms with E-state index in [1.807, 2.05) is 0 Å². The van der Waals surface area contributed by atoms with Gasteiger partial charge in [-0.15, -0.1) is 0 Å². The first kappa shape index (κ1) is 18.9. The van der Waals surface area contributed by atoms with E-state index in [4.69, 9.17) is 12.2 Å². The first-order chi connectivity index (χ1) is 12.5. The second kappa shape index (κ2) is 8.19. The molecule has 138 valence electrons. The minimum atomic E-state index is 0.446. The minimum absolute atomic E-state index is 0.446. The molecule has 1 N–H and O–H groups in total. The van der Waals surface area contributed by atoms with Crippen molar-refractivity contribution in [3.63, 3.8) is 0 Å². The zero-order valence-electron chi connectivity index (χ0n) is 16.2. The molecule has 1 aliphatic heterocycles. The Balaban J connectivity index is 1.58. The average Bonchev–Trinajstić information content (AvgIpc) is 2.66. The van der Waals surface area contributed by atoms with Crippen molar-refractivity contribution < 1.29 is 0 Å². The van der Waals surface area contributed by atoms with Crippen LogP contribution in [-0.4, -0.2) is 41.1 Å². The summed E-state index contributed by atoms with van der Waals surface area (Å²) >= 11 is 5.69. The van der Waals surface area contributed by atoms with E-state index in [2.05, 4.69) is 85.3 Å². The Morgan fingerprint density at radius 1 is 0.923 bits per heavy atom. The number of thiocarbonyl (C=S) groups is 1. The van der Waals surface area contributed by atoms with Gasteiger partial charge in [0, 0.05) is 37.9 Å². The summed E-state index contributed by atoms with van der Waals surface area (Å²) in [6.45, 7) is 12.7. The van der Waals surface area contributed by atoms with Gasteiger partial charge in [0.05, 0.1) is 0 Å². The second-order valence-electron chi connectivity index (χ2n) is 7.29. The van der Waals surface area contributed by atoms with E-state index >= 15 is 0 Å². The molecular weight excluding hydrogens is 338 g/mol. The first-order valence-corrected chi connectivity index (χ1v) is 9.79. The number of piperazine rings is 1. The summed E-state index contributed by atoms with van der Waals surface area (Å²) in [6.07, 6.45) is 0. The fourth-order valence-electron chi connectivity index (χ4n) is 3.54. The molecule has 3 rings (SSSR count). The third-order valence-corrected chi connectivity index (χ3v) is 5.87. The third-order valence-electron chi connectivity index (χ3n) is 5.51. The Morgan fingerprint density at radius 3 is 2.19 bits per heavy atom. The number of aryl methyl sites for hydroxylation is 3. The number of nitrogens with zero attached hydrogens (tertiary/aromatic N) is 2. The lowest BCUT2D eigenvalue weighted by molar-refractivity contribution is 0.142. The number of hydrogen-bond donors (Lipinski definition) is 1. The SMILES string of the molecule is Cc1cc(C)c(NC(=S)N2CCN(C(C)c3ccccc3)CC2)cc1C. The van der Waals surface area contributed by atoms with Crippen molar-refractivity contribution in [3.05, 3.63) is 64.7 Å². The molecule has 1 saturated heterocycles. The van der Waals surface area contributed by atoms with E-state index in [9.17, 15) is 0 Å². The predicted octanol–water partition coefficient (Wildman–Crippen LogP) is 4.69. The molecule has 26 heavy (non-hydrogen) atoms. The van der Waals surface area contributed by atoms with Crippen LogP contribution in [0.15, 0.2) is 42.5 Å². The molecule has 2 aromatic rings. The highest BCUT2D eigenvalue weighted by Gasteiger charge is 2.23. The Hall–Kier alpha value is -1.91. The molecule has 0 radical (unpaired) electrons. The van der Waals surface area contributed by atoms with Crippen LogP contribution in [0.4, 0.5) is 5.69 Å². The monoisotopic (exact) mass is 367 g/mol. The normalized spacial score (nSPS) is 16.4. The van der Waals surface area contributed by atoms with E-state index in [-0.39, 0.29) is 0 Å². The number of benzene rings is 2. The lowest BCUT2D eigenvalue weighted by Crippen LogP contribution is -2.50. The van der Waals surface area contributed by atoms with Crippen LogP contribution in [0.25, 0.3) is 0 Å². The topological polar surface area (TPSA) is 18.5 Å². The molecule has 1 fully saturated rings. The summed E-state index contributed by atoms with van der Waals surface area (Å²) in [5.41, 5.74) is 6.36. The largest absolute Gasteiger partial charge is 0.346 e. The summed E-state index contributed by atoms with van der Waals surface area (Å²) < 4.78 is 0. The molecule has 1 aliphatic rings. The van der Waals surface area contributed by atoms with E-state index in [0.29, 0.717) is 6.04 Å². The summed E-state index contributed by atoms with van der Waals surface area (Å²) in [4.78, 5) is 4.83. The van der Waals surface area contributed by atoms with E-state index in [1.165, 1.54) is 22.3 Å². The van der Waals surface area contributed by atoms with E-state index in [1.54, 1.807) is 0 Å². The molecule has 0 spiro atoms. The van der Waals surface area contributed by atoms with Gasteiger partial charge in [-0.3, -0.25) is 4.90 Å². The molecule has 1 atom stereocenters. The Labute approximate surface area is 163 Å². The molecule has 1 unspecified atom stereocenters. The van der Waals surface area contributed by atoms with Crippen molar-refractivity contribution in [1.82, 2.24) is 9.80 Å². The summed E-state index contributed by atoms with van der Waals surface area (Å²) in [5.74, 6) is 0. The summed E-state index contributed by atoms with van der Waals surface area (Å²) in [6, 6.07) is 15.6. The molecule has 3 nitrogen and oxygen atoms in total. The van der Waals surface area contributed by atoms with Gasteiger partial charge in [-0.2, -0.15) is 0 Å². The van der Waals surface area contributed by atoms with Gasteiger partial charge in [-0.25, -0.2) is 0 Å². The van der Waals surface area contributed by atoms with Crippen LogP contribution < -0.4 is 5.32 Å². The van der Waals surface area contributed by atoms with Gasteiger partial charge in [0.15, 0.2) is 5.11 Å². The number of hydrogen-bond acceptors (Lipinski definition) is 2. The van der Waals surface area contributed by atoms with Crippen LogP contribution in [0, 0.1) is 20.8 Å². The van der Waals surface area contributed by atoms with Crippen molar-refractivity contribution in [2.75, 3.05) is 31.5 Å². The highest BCUT2D eigenvalue weighted by atomic mass is 32.1. The fourth-order valence-corrected chi connectivity index (χ4v) is 3.84. The Morgan fingerprint density at radius 2 is 1.54 bits per heavy atom. The molecule has 0 aromatic heterocycles. The fraction of sp³-hybridized carbons (Fsp3) is 0.409. The van der Waals surface area contributed by atoms with Crippen LogP contribution >= 0.6 is 12.2 Å². The predicted molar refractivity (Wildman–Crippen MR) is 115 cm³/mol. The zero-order valence-corrected chi connectivity index (χ0v) is 17.1.